The number of carbonyl (C=O) groups is 1. The van der Waals surface area contributed by atoms with Crippen molar-refractivity contribution in [1.82, 2.24) is 4.90 Å². The average molecular weight is 246 g/mol. The third-order valence-corrected chi connectivity index (χ3v) is 3.86. The van der Waals surface area contributed by atoms with Gasteiger partial charge in [-0.3, -0.25) is 4.79 Å². The number of nitrogens with zero attached hydrogens (tertiary/aromatic N) is 1. The van der Waals surface area contributed by atoms with E-state index in [2.05, 4.69) is 5.32 Å². The van der Waals surface area contributed by atoms with Gasteiger partial charge in [-0.25, -0.2) is 0 Å². The first-order chi connectivity index (χ1) is 8.75. The second-order valence-corrected chi connectivity index (χ2v) is 5.08. The number of carbonyl (C=O) groups excluding carboxylic acids is 1. The van der Waals surface area contributed by atoms with E-state index in [1.54, 1.807) is 4.90 Å². The minimum Gasteiger partial charge on any atom is -0.391 e. The molecule has 2 unspecified atom stereocenters. The van der Waals surface area contributed by atoms with Crippen LogP contribution in [0.3, 0.4) is 0 Å². The van der Waals surface area contributed by atoms with E-state index < -0.39 is 0 Å². The molecule has 1 aromatic carbocycles. The van der Waals surface area contributed by atoms with Crippen LogP contribution in [-0.2, 0) is 4.79 Å². The van der Waals surface area contributed by atoms with Gasteiger partial charge in [0.2, 0.25) is 5.91 Å². The van der Waals surface area contributed by atoms with Gasteiger partial charge in [0, 0.05) is 25.3 Å². The van der Waals surface area contributed by atoms with Crippen molar-refractivity contribution in [2.45, 2.75) is 24.9 Å². The molecule has 2 atom stereocenters. The number of β-amino-alcohol motifs (C(OH)–C–C–N with tert-alkyl or cyclic N) is 1. The van der Waals surface area contributed by atoms with Crippen molar-refractivity contribution in [3.63, 3.8) is 0 Å². The fourth-order valence-electron chi connectivity index (χ4n) is 2.89. The number of aliphatic hydroxyl groups excluding tert-OH is 1. The normalized spacial score (nSPS) is 26.6. The molecule has 2 heterocycles. The Morgan fingerprint density at radius 1 is 1.33 bits per heavy atom. The maximum absolute atomic E-state index is 12.5. The topological polar surface area (TPSA) is 52.6 Å². The molecule has 0 radical (unpaired) electrons. The molecule has 4 nitrogen and oxygen atoms in total. The Morgan fingerprint density at radius 2 is 2.17 bits per heavy atom. The monoisotopic (exact) mass is 246 g/mol. The fraction of sp³-hybridized carbons (Fsp3) is 0.500. The Labute approximate surface area is 107 Å². The zero-order valence-corrected chi connectivity index (χ0v) is 10.3. The highest BCUT2D eigenvalue weighted by molar-refractivity contribution is 5.86. The first-order valence-corrected chi connectivity index (χ1v) is 6.55. The lowest BCUT2D eigenvalue weighted by molar-refractivity contribution is -0.132. The summed E-state index contributed by atoms with van der Waals surface area (Å²) in [6.07, 6.45) is 1.20. The zero-order valence-electron chi connectivity index (χ0n) is 10.3. The number of anilines is 1. The van der Waals surface area contributed by atoms with E-state index in [4.69, 9.17) is 0 Å². The van der Waals surface area contributed by atoms with E-state index >= 15 is 0 Å². The Hall–Kier alpha value is -1.55. The maximum atomic E-state index is 12.5. The molecular weight excluding hydrogens is 228 g/mol. The molecule has 0 aromatic heterocycles. The SMILES string of the molecule is O=C(C1CCNc2ccccc21)N1CCC(O)C1. The third kappa shape index (κ3) is 1.97. The van der Waals surface area contributed by atoms with Crippen molar-refractivity contribution in [2.24, 2.45) is 0 Å². The first-order valence-electron chi connectivity index (χ1n) is 6.55. The number of rotatable bonds is 1. The highest BCUT2D eigenvalue weighted by atomic mass is 16.3. The molecule has 18 heavy (non-hydrogen) atoms. The summed E-state index contributed by atoms with van der Waals surface area (Å²) in [5, 5.41) is 12.9. The van der Waals surface area contributed by atoms with Crippen LogP contribution in [0, 0.1) is 0 Å². The number of hydrogen-bond donors (Lipinski definition) is 2. The Kier molecular flexibility index (Phi) is 2.96. The molecule has 0 bridgehead atoms. The van der Waals surface area contributed by atoms with Crippen LogP contribution in [-0.4, -0.2) is 41.7 Å². The van der Waals surface area contributed by atoms with Crippen molar-refractivity contribution in [3.05, 3.63) is 29.8 Å². The van der Waals surface area contributed by atoms with Gasteiger partial charge in [0.15, 0.2) is 0 Å². The van der Waals surface area contributed by atoms with Crippen LogP contribution in [0.4, 0.5) is 5.69 Å². The Bertz CT molecular complexity index is 461. The number of nitrogens with one attached hydrogen (secondary N) is 1. The molecule has 1 aromatic rings. The molecule has 0 spiro atoms. The second kappa shape index (κ2) is 4.61. The van der Waals surface area contributed by atoms with Gasteiger partial charge >= 0.3 is 0 Å². The number of para-hydroxylation sites is 1. The summed E-state index contributed by atoms with van der Waals surface area (Å²) in [5.41, 5.74) is 2.16. The van der Waals surface area contributed by atoms with Gasteiger partial charge in [-0.05, 0) is 24.5 Å². The number of fused-ring (bicyclic) bond motifs is 1. The van der Waals surface area contributed by atoms with Crippen molar-refractivity contribution >= 4 is 11.6 Å². The van der Waals surface area contributed by atoms with Gasteiger partial charge in [0.05, 0.1) is 12.0 Å². The Balaban J connectivity index is 1.83. The van der Waals surface area contributed by atoms with Crippen LogP contribution in [0.5, 0.6) is 0 Å². The van der Waals surface area contributed by atoms with E-state index in [0.29, 0.717) is 19.5 Å². The van der Waals surface area contributed by atoms with Crippen molar-refractivity contribution in [1.29, 1.82) is 0 Å². The second-order valence-electron chi connectivity index (χ2n) is 5.08. The van der Waals surface area contributed by atoms with Gasteiger partial charge in [-0.1, -0.05) is 18.2 Å². The summed E-state index contributed by atoms with van der Waals surface area (Å²) in [5.74, 6) is 0.119. The quantitative estimate of drug-likeness (QED) is 0.782. The lowest BCUT2D eigenvalue weighted by atomic mass is 9.90. The van der Waals surface area contributed by atoms with Crippen LogP contribution in [0.15, 0.2) is 24.3 Å². The third-order valence-electron chi connectivity index (χ3n) is 3.86. The summed E-state index contributed by atoms with van der Waals surface area (Å²) in [6, 6.07) is 8.01. The minimum atomic E-state index is -0.342. The number of benzene rings is 1. The van der Waals surface area contributed by atoms with Crippen molar-refractivity contribution in [3.8, 4) is 0 Å². The molecular formula is C14H18N2O2. The van der Waals surface area contributed by atoms with E-state index in [1.165, 1.54) is 0 Å². The number of aliphatic hydroxyl groups is 1. The van der Waals surface area contributed by atoms with Gasteiger partial charge in [0.1, 0.15) is 0 Å². The molecule has 2 N–H and O–H groups in total. The average Bonchev–Trinajstić information content (AvgIpc) is 2.84. The van der Waals surface area contributed by atoms with Crippen molar-refractivity contribution < 1.29 is 9.90 Å². The fourth-order valence-corrected chi connectivity index (χ4v) is 2.89. The first kappa shape index (κ1) is 11.5. The van der Waals surface area contributed by atoms with Gasteiger partial charge < -0.3 is 15.3 Å². The standard InChI is InChI=1S/C14H18N2O2/c17-10-6-8-16(9-10)14(18)12-5-7-15-13-4-2-1-3-11(12)13/h1-4,10,12,15,17H,5-9H2. The van der Waals surface area contributed by atoms with Gasteiger partial charge in [-0.15, -0.1) is 0 Å². The molecule has 1 saturated heterocycles. The molecule has 3 rings (SSSR count). The molecule has 2 aliphatic rings. The predicted molar refractivity (Wildman–Crippen MR) is 69.5 cm³/mol. The van der Waals surface area contributed by atoms with Crippen molar-refractivity contribution in [2.75, 3.05) is 25.0 Å². The maximum Gasteiger partial charge on any atom is 0.230 e. The van der Waals surface area contributed by atoms with E-state index in [1.807, 2.05) is 24.3 Å². The van der Waals surface area contributed by atoms with E-state index in [9.17, 15) is 9.90 Å². The lowest BCUT2D eigenvalue weighted by Crippen LogP contribution is -2.36. The molecule has 2 aliphatic heterocycles. The van der Waals surface area contributed by atoms with Crippen LogP contribution in [0.25, 0.3) is 0 Å². The highest BCUT2D eigenvalue weighted by Crippen LogP contribution is 2.33. The summed E-state index contributed by atoms with van der Waals surface area (Å²) >= 11 is 0. The lowest BCUT2D eigenvalue weighted by Gasteiger charge is -2.29. The van der Waals surface area contributed by atoms with E-state index in [-0.39, 0.29) is 17.9 Å². The summed E-state index contributed by atoms with van der Waals surface area (Å²) in [7, 11) is 0. The molecule has 0 aliphatic carbocycles. The number of likely N-dealkylation sites (tertiary alicyclic amines) is 1. The van der Waals surface area contributed by atoms with E-state index in [0.717, 1.165) is 24.2 Å². The predicted octanol–water partition coefficient (Wildman–Crippen LogP) is 1.18. The number of hydrogen-bond acceptors (Lipinski definition) is 3. The number of amides is 1. The molecule has 4 heteroatoms. The van der Waals surface area contributed by atoms with Crippen LogP contribution >= 0.6 is 0 Å². The van der Waals surface area contributed by atoms with Crippen LogP contribution < -0.4 is 5.32 Å². The van der Waals surface area contributed by atoms with Crippen LogP contribution in [0.2, 0.25) is 0 Å². The van der Waals surface area contributed by atoms with Gasteiger partial charge in [-0.2, -0.15) is 0 Å². The summed E-state index contributed by atoms with van der Waals surface area (Å²) in [4.78, 5) is 14.3. The zero-order chi connectivity index (χ0) is 12.5. The molecule has 1 amide bonds. The highest BCUT2D eigenvalue weighted by Gasteiger charge is 2.33. The summed E-state index contributed by atoms with van der Waals surface area (Å²) in [6.45, 7) is 2.01. The van der Waals surface area contributed by atoms with Crippen LogP contribution in [0.1, 0.15) is 24.3 Å². The minimum absolute atomic E-state index is 0.0484. The Morgan fingerprint density at radius 3 is 2.94 bits per heavy atom. The van der Waals surface area contributed by atoms with Gasteiger partial charge in [0.25, 0.3) is 0 Å². The largest absolute Gasteiger partial charge is 0.391 e. The molecule has 1 fully saturated rings. The molecule has 0 saturated carbocycles. The smallest absolute Gasteiger partial charge is 0.230 e. The summed E-state index contributed by atoms with van der Waals surface area (Å²) < 4.78 is 0. The molecule has 96 valence electrons.